The zero-order chi connectivity index (χ0) is 23.1. The summed E-state index contributed by atoms with van der Waals surface area (Å²) in [6, 6.07) is 13.7. The Morgan fingerprint density at radius 2 is 1.88 bits per heavy atom. The molecule has 0 radical (unpaired) electrons. The second-order valence-electron chi connectivity index (χ2n) is 8.86. The lowest BCUT2D eigenvalue weighted by atomic mass is 10.1. The van der Waals surface area contributed by atoms with Crippen molar-refractivity contribution in [1.29, 1.82) is 0 Å². The minimum atomic E-state index is -0.376. The van der Waals surface area contributed by atoms with Crippen molar-refractivity contribution in [2.45, 2.75) is 32.7 Å². The van der Waals surface area contributed by atoms with Gasteiger partial charge in [-0.15, -0.1) is 11.3 Å². The lowest BCUT2D eigenvalue weighted by molar-refractivity contribution is 0.0690. The zero-order valence-electron chi connectivity index (χ0n) is 18.7. The number of amides is 2. The third kappa shape index (κ3) is 4.29. The minimum absolute atomic E-state index is 0.0516. The van der Waals surface area contributed by atoms with Crippen LogP contribution in [0.2, 0.25) is 0 Å². The monoisotopic (exact) mass is 463 g/mol. The van der Waals surface area contributed by atoms with Crippen molar-refractivity contribution in [2.24, 2.45) is 11.8 Å². The molecule has 3 aromatic rings. The van der Waals surface area contributed by atoms with Crippen LogP contribution in [-0.4, -0.2) is 40.8 Å². The fourth-order valence-electron chi connectivity index (χ4n) is 4.76. The molecule has 33 heavy (non-hydrogen) atoms. The number of hydrogen-bond donors (Lipinski definition) is 1. The summed E-state index contributed by atoms with van der Waals surface area (Å²) in [7, 11) is 0. The van der Waals surface area contributed by atoms with Gasteiger partial charge in [0.05, 0.1) is 15.9 Å². The Hall–Kier alpha value is -3.06. The molecular formula is C26H26FN3O2S. The fourth-order valence-corrected chi connectivity index (χ4v) is 5.68. The number of aromatic nitrogens is 1. The number of thiazole rings is 1. The number of halogens is 1. The SMILES string of the molecule is CCc1ccc(-c2sc(C)nc2C(=O)N2C[C@H]3C[C@H]3[C@H]2CNC(=O)c2ccc(F)cc2)cc1. The molecule has 3 atom stereocenters. The number of carbonyl (C=O) groups is 2. The molecule has 1 aliphatic heterocycles. The first kappa shape index (κ1) is 21.8. The number of nitrogens with zero attached hydrogens (tertiary/aromatic N) is 2. The molecule has 170 valence electrons. The first-order valence-corrected chi connectivity index (χ1v) is 12.2. The summed E-state index contributed by atoms with van der Waals surface area (Å²) in [6.07, 6.45) is 2.05. The second kappa shape index (κ2) is 8.71. The van der Waals surface area contributed by atoms with Crippen molar-refractivity contribution in [3.63, 3.8) is 0 Å². The smallest absolute Gasteiger partial charge is 0.274 e. The Morgan fingerprint density at radius 3 is 2.58 bits per heavy atom. The number of nitrogens with one attached hydrogen (secondary N) is 1. The Balaban J connectivity index is 1.34. The summed E-state index contributed by atoms with van der Waals surface area (Å²) >= 11 is 1.54. The summed E-state index contributed by atoms with van der Waals surface area (Å²) in [6.45, 7) is 5.12. The third-order valence-corrected chi connectivity index (χ3v) is 7.72. The van der Waals surface area contributed by atoms with Gasteiger partial charge in [0.15, 0.2) is 0 Å². The van der Waals surface area contributed by atoms with Crippen LogP contribution in [0.4, 0.5) is 4.39 Å². The number of aryl methyl sites for hydroxylation is 2. The first-order valence-electron chi connectivity index (χ1n) is 11.4. The highest BCUT2D eigenvalue weighted by atomic mass is 32.1. The topological polar surface area (TPSA) is 62.3 Å². The van der Waals surface area contributed by atoms with Crippen LogP contribution in [0.15, 0.2) is 48.5 Å². The van der Waals surface area contributed by atoms with E-state index < -0.39 is 0 Å². The molecule has 1 saturated carbocycles. The van der Waals surface area contributed by atoms with Gasteiger partial charge >= 0.3 is 0 Å². The number of rotatable bonds is 6. The van der Waals surface area contributed by atoms with Crippen LogP contribution in [0.1, 0.15) is 44.8 Å². The predicted molar refractivity (Wildman–Crippen MR) is 127 cm³/mol. The molecule has 0 bridgehead atoms. The molecule has 1 saturated heterocycles. The van der Waals surface area contributed by atoms with Gasteiger partial charge in [0.2, 0.25) is 0 Å². The van der Waals surface area contributed by atoms with E-state index in [2.05, 4.69) is 41.5 Å². The normalized spacial score (nSPS) is 21.1. The van der Waals surface area contributed by atoms with Gasteiger partial charge in [-0.25, -0.2) is 9.37 Å². The van der Waals surface area contributed by atoms with Crippen molar-refractivity contribution >= 4 is 23.2 Å². The van der Waals surface area contributed by atoms with Crippen LogP contribution in [0, 0.1) is 24.6 Å². The van der Waals surface area contributed by atoms with Crippen LogP contribution < -0.4 is 5.32 Å². The average molecular weight is 464 g/mol. The van der Waals surface area contributed by atoms with Crippen LogP contribution in [0.25, 0.3) is 10.4 Å². The van der Waals surface area contributed by atoms with Crippen molar-refractivity contribution < 1.29 is 14.0 Å². The fraction of sp³-hybridized carbons (Fsp3) is 0.346. The van der Waals surface area contributed by atoms with Gasteiger partial charge < -0.3 is 10.2 Å². The van der Waals surface area contributed by atoms with Gasteiger partial charge in [0.1, 0.15) is 11.5 Å². The van der Waals surface area contributed by atoms with Gasteiger partial charge in [-0.2, -0.15) is 0 Å². The van der Waals surface area contributed by atoms with Crippen molar-refractivity contribution in [1.82, 2.24) is 15.2 Å². The van der Waals surface area contributed by atoms with Gasteiger partial charge in [0.25, 0.3) is 11.8 Å². The maximum Gasteiger partial charge on any atom is 0.274 e. The number of likely N-dealkylation sites (tertiary alicyclic amines) is 1. The van der Waals surface area contributed by atoms with E-state index >= 15 is 0 Å². The molecule has 1 aromatic heterocycles. The largest absolute Gasteiger partial charge is 0.350 e. The highest BCUT2D eigenvalue weighted by Crippen LogP contribution is 2.50. The molecule has 0 unspecified atom stereocenters. The lowest BCUT2D eigenvalue weighted by Gasteiger charge is -2.27. The number of benzene rings is 2. The Morgan fingerprint density at radius 1 is 1.15 bits per heavy atom. The van der Waals surface area contributed by atoms with Gasteiger partial charge in [-0.1, -0.05) is 31.2 Å². The highest BCUT2D eigenvalue weighted by Gasteiger charge is 2.54. The summed E-state index contributed by atoms with van der Waals surface area (Å²) in [5.41, 5.74) is 3.17. The standard InChI is InChI=1S/C26H26FN3O2S/c1-3-16-4-6-17(7-5-16)24-23(29-15(2)33-24)26(32)30-14-19-12-21(19)22(30)13-28-25(31)18-8-10-20(27)11-9-18/h4-11,19,21-22H,3,12-14H2,1-2H3,(H,28,31)/t19-,21-,22-/m1/s1. The molecule has 1 N–H and O–H groups in total. The van der Waals surface area contributed by atoms with E-state index in [1.54, 1.807) is 0 Å². The lowest BCUT2D eigenvalue weighted by Crippen LogP contribution is -2.45. The molecule has 5 nitrogen and oxygen atoms in total. The van der Waals surface area contributed by atoms with Gasteiger partial charge in [-0.05, 0) is 67.0 Å². The summed E-state index contributed by atoms with van der Waals surface area (Å²) < 4.78 is 13.2. The zero-order valence-corrected chi connectivity index (χ0v) is 19.5. The quantitative estimate of drug-likeness (QED) is 0.576. The summed E-state index contributed by atoms with van der Waals surface area (Å²) in [5, 5.41) is 3.80. The van der Waals surface area contributed by atoms with E-state index in [0.29, 0.717) is 36.2 Å². The molecule has 2 heterocycles. The van der Waals surface area contributed by atoms with Crippen LogP contribution >= 0.6 is 11.3 Å². The minimum Gasteiger partial charge on any atom is -0.350 e. The van der Waals surface area contributed by atoms with E-state index in [1.165, 1.54) is 41.2 Å². The predicted octanol–water partition coefficient (Wildman–Crippen LogP) is 4.71. The average Bonchev–Trinajstić information content (AvgIpc) is 3.34. The highest BCUT2D eigenvalue weighted by molar-refractivity contribution is 7.15. The summed E-state index contributed by atoms with van der Waals surface area (Å²) in [4.78, 5) is 33.5. The Kier molecular flexibility index (Phi) is 5.74. The van der Waals surface area contributed by atoms with E-state index in [9.17, 15) is 14.0 Å². The van der Waals surface area contributed by atoms with Crippen molar-refractivity contribution in [2.75, 3.05) is 13.1 Å². The summed E-state index contributed by atoms with van der Waals surface area (Å²) in [5.74, 6) is 0.205. The van der Waals surface area contributed by atoms with E-state index in [4.69, 9.17) is 0 Å². The molecule has 2 amide bonds. The molecule has 1 aliphatic carbocycles. The van der Waals surface area contributed by atoms with Crippen molar-refractivity contribution in [3.05, 3.63) is 76.2 Å². The molecule has 2 fully saturated rings. The molecule has 2 aliphatic rings. The molecular weight excluding hydrogens is 437 g/mol. The first-order chi connectivity index (χ1) is 15.9. The second-order valence-corrected chi connectivity index (χ2v) is 10.1. The molecule has 0 spiro atoms. The van der Waals surface area contributed by atoms with Gasteiger partial charge in [-0.3, -0.25) is 9.59 Å². The molecule has 2 aromatic carbocycles. The number of fused-ring (bicyclic) bond motifs is 1. The van der Waals surface area contributed by atoms with Crippen molar-refractivity contribution in [3.8, 4) is 10.4 Å². The van der Waals surface area contributed by atoms with Crippen LogP contribution in [-0.2, 0) is 6.42 Å². The van der Waals surface area contributed by atoms with Crippen LogP contribution in [0.5, 0.6) is 0 Å². The number of hydrogen-bond acceptors (Lipinski definition) is 4. The van der Waals surface area contributed by atoms with E-state index in [1.807, 2.05) is 11.8 Å². The van der Waals surface area contributed by atoms with E-state index in [-0.39, 0.29) is 23.7 Å². The maximum atomic E-state index is 13.6. The molecule has 7 heteroatoms. The van der Waals surface area contributed by atoms with E-state index in [0.717, 1.165) is 28.3 Å². The molecule has 5 rings (SSSR count). The van der Waals surface area contributed by atoms with Crippen LogP contribution in [0.3, 0.4) is 0 Å². The Bertz CT molecular complexity index is 1190. The number of piperidine rings is 1. The van der Waals surface area contributed by atoms with Gasteiger partial charge in [0, 0.05) is 18.7 Å². The number of carbonyl (C=O) groups excluding carboxylic acids is 2. The maximum absolute atomic E-state index is 13.6. The third-order valence-electron chi connectivity index (χ3n) is 6.70. The Labute approximate surface area is 196 Å².